The van der Waals surface area contributed by atoms with E-state index < -0.39 is 5.54 Å². The Morgan fingerprint density at radius 3 is 2.84 bits per heavy atom. The van der Waals surface area contributed by atoms with Crippen LogP contribution in [0.2, 0.25) is 0 Å². The maximum Gasteiger partial charge on any atom is 0.128 e. The van der Waals surface area contributed by atoms with E-state index >= 15 is 0 Å². The summed E-state index contributed by atoms with van der Waals surface area (Å²) in [5, 5.41) is 0. The molecular formula is C16H24FNO. The quantitative estimate of drug-likeness (QED) is 0.850. The van der Waals surface area contributed by atoms with Gasteiger partial charge in [0.15, 0.2) is 0 Å². The first-order valence-electron chi connectivity index (χ1n) is 7.31. The Morgan fingerprint density at radius 1 is 1.42 bits per heavy atom. The lowest BCUT2D eigenvalue weighted by molar-refractivity contribution is 0.0998. The van der Waals surface area contributed by atoms with Crippen LogP contribution >= 0.6 is 0 Å². The van der Waals surface area contributed by atoms with Gasteiger partial charge in [0.05, 0.1) is 6.10 Å². The first-order valence-corrected chi connectivity index (χ1v) is 7.31. The molecule has 1 fully saturated rings. The summed E-state index contributed by atoms with van der Waals surface area (Å²) in [6.45, 7) is 2.91. The predicted octanol–water partition coefficient (Wildman–Crippen LogP) is 3.74. The molecule has 2 unspecified atom stereocenters. The van der Waals surface area contributed by atoms with Crippen LogP contribution in [0.25, 0.3) is 0 Å². The van der Waals surface area contributed by atoms with Crippen molar-refractivity contribution in [2.24, 2.45) is 5.73 Å². The molecule has 0 aromatic heterocycles. The van der Waals surface area contributed by atoms with E-state index in [9.17, 15) is 4.39 Å². The van der Waals surface area contributed by atoms with Gasteiger partial charge in [-0.05, 0) is 44.6 Å². The van der Waals surface area contributed by atoms with Gasteiger partial charge in [-0.25, -0.2) is 4.39 Å². The molecule has 1 aliphatic heterocycles. The largest absolute Gasteiger partial charge is 0.378 e. The molecule has 0 spiro atoms. The van der Waals surface area contributed by atoms with E-state index in [1.807, 2.05) is 19.1 Å². The Bertz CT molecular complexity index is 403. The number of nitrogens with two attached hydrogens (primary N) is 1. The molecule has 2 N–H and O–H groups in total. The second kappa shape index (κ2) is 6.49. The SMILES string of the molecule is CCC(N)(CCCC1CCCO1)c1ccccc1F. The fraction of sp³-hybridized carbons (Fsp3) is 0.625. The highest BCUT2D eigenvalue weighted by molar-refractivity contribution is 5.25. The summed E-state index contributed by atoms with van der Waals surface area (Å²) in [7, 11) is 0. The van der Waals surface area contributed by atoms with E-state index in [0.717, 1.165) is 38.7 Å². The Labute approximate surface area is 115 Å². The van der Waals surface area contributed by atoms with E-state index in [1.54, 1.807) is 6.07 Å². The average Bonchev–Trinajstić information content (AvgIpc) is 2.92. The fourth-order valence-corrected chi connectivity index (χ4v) is 2.88. The van der Waals surface area contributed by atoms with Crippen LogP contribution in [0, 0.1) is 5.82 Å². The molecule has 0 aliphatic carbocycles. The lowest BCUT2D eigenvalue weighted by Gasteiger charge is -2.29. The topological polar surface area (TPSA) is 35.2 Å². The van der Waals surface area contributed by atoms with Gasteiger partial charge in [0.1, 0.15) is 5.82 Å². The summed E-state index contributed by atoms with van der Waals surface area (Å²) in [6, 6.07) is 6.87. The minimum Gasteiger partial charge on any atom is -0.378 e. The van der Waals surface area contributed by atoms with Crippen LogP contribution in [-0.4, -0.2) is 12.7 Å². The summed E-state index contributed by atoms with van der Waals surface area (Å²) in [5.41, 5.74) is 6.52. The third kappa shape index (κ3) is 3.54. The van der Waals surface area contributed by atoms with Gasteiger partial charge >= 0.3 is 0 Å². The molecule has 0 amide bonds. The van der Waals surface area contributed by atoms with Crippen molar-refractivity contribution in [3.8, 4) is 0 Å². The standard InChI is InChI=1S/C16H24FNO/c1-2-16(18,14-9-3-4-10-15(14)17)11-5-7-13-8-6-12-19-13/h3-4,9-10,13H,2,5-8,11-12,18H2,1H3. The average molecular weight is 265 g/mol. The van der Waals surface area contributed by atoms with Crippen molar-refractivity contribution in [2.45, 2.75) is 57.1 Å². The molecule has 19 heavy (non-hydrogen) atoms. The summed E-state index contributed by atoms with van der Waals surface area (Å²) in [6.07, 6.45) is 6.30. The van der Waals surface area contributed by atoms with Gasteiger partial charge in [-0.2, -0.15) is 0 Å². The molecule has 1 aromatic carbocycles. The Morgan fingerprint density at radius 2 is 2.21 bits per heavy atom. The number of ether oxygens (including phenoxy) is 1. The van der Waals surface area contributed by atoms with E-state index in [-0.39, 0.29) is 5.82 Å². The molecule has 3 heteroatoms. The highest BCUT2D eigenvalue weighted by Gasteiger charge is 2.28. The zero-order chi connectivity index (χ0) is 13.7. The van der Waals surface area contributed by atoms with E-state index in [0.29, 0.717) is 11.7 Å². The van der Waals surface area contributed by atoms with Crippen LogP contribution in [-0.2, 0) is 10.3 Å². The highest BCUT2D eigenvalue weighted by atomic mass is 19.1. The summed E-state index contributed by atoms with van der Waals surface area (Å²) < 4.78 is 19.5. The van der Waals surface area contributed by atoms with Crippen LogP contribution in [0.1, 0.15) is 51.0 Å². The molecule has 0 radical (unpaired) electrons. The van der Waals surface area contributed by atoms with Gasteiger partial charge in [0, 0.05) is 17.7 Å². The molecule has 1 saturated heterocycles. The molecule has 106 valence electrons. The maximum absolute atomic E-state index is 13.9. The van der Waals surface area contributed by atoms with Crippen molar-refractivity contribution >= 4 is 0 Å². The molecule has 0 bridgehead atoms. The molecule has 1 heterocycles. The van der Waals surface area contributed by atoms with Gasteiger partial charge < -0.3 is 10.5 Å². The van der Waals surface area contributed by atoms with E-state index in [2.05, 4.69) is 0 Å². The lowest BCUT2D eigenvalue weighted by atomic mass is 9.83. The second-order valence-corrected chi connectivity index (χ2v) is 5.52. The van der Waals surface area contributed by atoms with Crippen LogP contribution in [0.15, 0.2) is 24.3 Å². The molecule has 2 nitrogen and oxygen atoms in total. The second-order valence-electron chi connectivity index (χ2n) is 5.52. The summed E-state index contributed by atoms with van der Waals surface area (Å²) >= 11 is 0. The molecular weight excluding hydrogens is 241 g/mol. The van der Waals surface area contributed by atoms with Crippen molar-refractivity contribution in [3.63, 3.8) is 0 Å². The number of halogens is 1. The van der Waals surface area contributed by atoms with Crippen LogP contribution in [0.5, 0.6) is 0 Å². The van der Waals surface area contributed by atoms with Crippen LogP contribution in [0.3, 0.4) is 0 Å². The molecule has 1 aliphatic rings. The third-order valence-corrected chi connectivity index (χ3v) is 4.21. The minimum absolute atomic E-state index is 0.191. The van der Waals surface area contributed by atoms with Crippen molar-refractivity contribution < 1.29 is 9.13 Å². The Kier molecular flexibility index (Phi) is 4.94. The van der Waals surface area contributed by atoms with Gasteiger partial charge in [-0.3, -0.25) is 0 Å². The Hall–Kier alpha value is -0.930. The van der Waals surface area contributed by atoms with Crippen LogP contribution in [0.4, 0.5) is 4.39 Å². The first kappa shape index (κ1) is 14.5. The number of rotatable bonds is 6. The number of benzene rings is 1. The zero-order valence-corrected chi connectivity index (χ0v) is 11.7. The molecule has 1 aromatic rings. The minimum atomic E-state index is -0.552. The van der Waals surface area contributed by atoms with Crippen molar-refractivity contribution in [1.29, 1.82) is 0 Å². The van der Waals surface area contributed by atoms with Crippen molar-refractivity contribution in [1.82, 2.24) is 0 Å². The van der Waals surface area contributed by atoms with Gasteiger partial charge in [0.2, 0.25) is 0 Å². The smallest absolute Gasteiger partial charge is 0.128 e. The maximum atomic E-state index is 13.9. The van der Waals surface area contributed by atoms with E-state index in [1.165, 1.54) is 12.5 Å². The van der Waals surface area contributed by atoms with Gasteiger partial charge in [0.25, 0.3) is 0 Å². The van der Waals surface area contributed by atoms with Gasteiger partial charge in [-0.15, -0.1) is 0 Å². The van der Waals surface area contributed by atoms with Crippen molar-refractivity contribution in [2.75, 3.05) is 6.61 Å². The van der Waals surface area contributed by atoms with E-state index in [4.69, 9.17) is 10.5 Å². The normalized spacial score (nSPS) is 22.4. The highest BCUT2D eigenvalue weighted by Crippen LogP contribution is 2.31. The predicted molar refractivity (Wildman–Crippen MR) is 75.4 cm³/mol. The summed E-state index contributed by atoms with van der Waals surface area (Å²) in [4.78, 5) is 0. The zero-order valence-electron chi connectivity index (χ0n) is 11.7. The summed E-state index contributed by atoms with van der Waals surface area (Å²) in [5.74, 6) is -0.191. The number of hydrogen-bond donors (Lipinski definition) is 1. The van der Waals surface area contributed by atoms with Crippen molar-refractivity contribution in [3.05, 3.63) is 35.6 Å². The lowest BCUT2D eigenvalue weighted by Crippen LogP contribution is -2.37. The third-order valence-electron chi connectivity index (χ3n) is 4.21. The van der Waals surface area contributed by atoms with Crippen LogP contribution < -0.4 is 5.73 Å². The molecule has 2 atom stereocenters. The molecule has 2 rings (SSSR count). The first-order chi connectivity index (χ1) is 9.15. The Balaban J connectivity index is 1.95. The number of hydrogen-bond acceptors (Lipinski definition) is 2. The monoisotopic (exact) mass is 265 g/mol. The van der Waals surface area contributed by atoms with Gasteiger partial charge in [-0.1, -0.05) is 25.1 Å². The molecule has 0 saturated carbocycles. The fourth-order valence-electron chi connectivity index (χ4n) is 2.88.